The molecule has 0 unspecified atom stereocenters. The first-order valence-corrected chi connectivity index (χ1v) is 7.70. The Bertz CT molecular complexity index is 580. The molecular formula is C12H16N2O5S. The number of hydrogen-bond acceptors (Lipinski definition) is 4. The molecule has 0 aliphatic rings. The molecular weight excluding hydrogens is 284 g/mol. The van der Waals surface area contributed by atoms with E-state index in [2.05, 4.69) is 10.6 Å². The number of carbonyl (C=O) groups is 2. The molecule has 0 atom stereocenters. The minimum Gasteiger partial charge on any atom is -0.481 e. The van der Waals surface area contributed by atoms with Crippen molar-refractivity contribution in [2.75, 3.05) is 12.8 Å². The number of urea groups is 1. The highest BCUT2D eigenvalue weighted by molar-refractivity contribution is 7.90. The van der Waals surface area contributed by atoms with Crippen LogP contribution in [0.2, 0.25) is 0 Å². The minimum absolute atomic E-state index is 0.0498. The largest absolute Gasteiger partial charge is 0.481 e. The molecule has 0 bridgehead atoms. The van der Waals surface area contributed by atoms with Crippen molar-refractivity contribution in [1.29, 1.82) is 0 Å². The fraction of sp³-hybridized carbons (Fsp3) is 0.333. The van der Waals surface area contributed by atoms with E-state index in [1.54, 1.807) is 12.1 Å². The molecule has 0 radical (unpaired) electrons. The van der Waals surface area contributed by atoms with Gasteiger partial charge in [-0.15, -0.1) is 0 Å². The molecule has 20 heavy (non-hydrogen) atoms. The van der Waals surface area contributed by atoms with Crippen molar-refractivity contribution < 1.29 is 23.1 Å². The third-order valence-corrected chi connectivity index (χ3v) is 3.56. The molecule has 0 aliphatic heterocycles. The van der Waals surface area contributed by atoms with Gasteiger partial charge >= 0.3 is 12.0 Å². The van der Waals surface area contributed by atoms with E-state index in [4.69, 9.17) is 5.11 Å². The van der Waals surface area contributed by atoms with Gasteiger partial charge in [-0.3, -0.25) is 4.79 Å². The molecule has 0 saturated carbocycles. The summed E-state index contributed by atoms with van der Waals surface area (Å²) in [6.45, 7) is 0.275. The van der Waals surface area contributed by atoms with Crippen LogP contribution in [0.3, 0.4) is 0 Å². The van der Waals surface area contributed by atoms with Crippen molar-refractivity contribution >= 4 is 21.8 Å². The first-order chi connectivity index (χ1) is 9.29. The van der Waals surface area contributed by atoms with Gasteiger partial charge in [0.05, 0.1) is 11.3 Å². The lowest BCUT2D eigenvalue weighted by molar-refractivity contribution is -0.136. The summed E-state index contributed by atoms with van der Waals surface area (Å²) in [5.41, 5.74) is 0.741. The third kappa shape index (κ3) is 5.70. The Morgan fingerprint density at radius 2 is 1.75 bits per heavy atom. The number of nitrogens with one attached hydrogen (secondary N) is 2. The summed E-state index contributed by atoms with van der Waals surface area (Å²) in [7, 11) is -3.23. The van der Waals surface area contributed by atoms with Crippen LogP contribution in [0.4, 0.5) is 4.79 Å². The van der Waals surface area contributed by atoms with Gasteiger partial charge in [0.1, 0.15) is 0 Å². The normalized spacial score (nSPS) is 10.8. The highest BCUT2D eigenvalue weighted by Crippen LogP contribution is 2.09. The number of rotatable bonds is 6. The number of carboxylic acids is 1. The molecule has 0 saturated heterocycles. The SMILES string of the molecule is CS(=O)(=O)c1ccc(CNC(=O)NCCC(=O)O)cc1. The first kappa shape index (κ1) is 16.0. The monoisotopic (exact) mass is 300 g/mol. The van der Waals surface area contributed by atoms with Crippen LogP contribution in [0.25, 0.3) is 0 Å². The molecule has 0 heterocycles. The van der Waals surface area contributed by atoms with E-state index in [0.717, 1.165) is 11.8 Å². The number of carboxylic acid groups (broad SMARTS) is 1. The number of carbonyl (C=O) groups excluding carboxylic acids is 1. The zero-order chi connectivity index (χ0) is 15.2. The summed E-state index contributed by atoms with van der Waals surface area (Å²) in [4.78, 5) is 21.8. The van der Waals surface area contributed by atoms with E-state index in [1.807, 2.05) is 0 Å². The predicted octanol–water partition coefficient (Wildman–Crippen LogP) is 0.364. The maximum absolute atomic E-state index is 11.3. The average molecular weight is 300 g/mol. The molecule has 1 rings (SSSR count). The molecule has 8 heteroatoms. The Hall–Kier alpha value is -2.09. The molecule has 1 aromatic rings. The van der Waals surface area contributed by atoms with E-state index in [9.17, 15) is 18.0 Å². The Kier molecular flexibility index (Phi) is 5.51. The maximum atomic E-state index is 11.3. The quantitative estimate of drug-likeness (QED) is 0.702. The molecule has 0 fully saturated rings. The Morgan fingerprint density at radius 3 is 2.25 bits per heavy atom. The zero-order valence-electron chi connectivity index (χ0n) is 10.9. The lowest BCUT2D eigenvalue weighted by Gasteiger charge is -2.07. The van der Waals surface area contributed by atoms with Crippen LogP contribution in [-0.4, -0.2) is 38.3 Å². The number of sulfone groups is 1. The van der Waals surface area contributed by atoms with Gasteiger partial charge < -0.3 is 15.7 Å². The zero-order valence-corrected chi connectivity index (χ0v) is 11.7. The summed E-state index contributed by atoms with van der Waals surface area (Å²) < 4.78 is 22.5. The van der Waals surface area contributed by atoms with Crippen LogP contribution in [0, 0.1) is 0 Å². The second kappa shape index (κ2) is 6.90. The van der Waals surface area contributed by atoms with E-state index in [0.29, 0.717) is 0 Å². The summed E-state index contributed by atoms with van der Waals surface area (Å²) in [6.07, 6.45) is 0.979. The van der Waals surface area contributed by atoms with Crippen LogP contribution in [0.1, 0.15) is 12.0 Å². The number of benzene rings is 1. The van der Waals surface area contributed by atoms with Crippen LogP contribution in [0.15, 0.2) is 29.2 Å². The van der Waals surface area contributed by atoms with E-state index >= 15 is 0 Å². The maximum Gasteiger partial charge on any atom is 0.315 e. The molecule has 1 aromatic carbocycles. The number of hydrogen-bond donors (Lipinski definition) is 3. The highest BCUT2D eigenvalue weighted by Gasteiger charge is 2.06. The van der Waals surface area contributed by atoms with E-state index in [-0.39, 0.29) is 24.4 Å². The van der Waals surface area contributed by atoms with Gasteiger partial charge in [0.25, 0.3) is 0 Å². The van der Waals surface area contributed by atoms with Crippen molar-refractivity contribution in [3.63, 3.8) is 0 Å². The van der Waals surface area contributed by atoms with Crippen LogP contribution < -0.4 is 10.6 Å². The van der Waals surface area contributed by atoms with Crippen molar-refractivity contribution in [3.05, 3.63) is 29.8 Å². The summed E-state index contributed by atoms with van der Waals surface area (Å²) in [6, 6.07) is 5.67. The van der Waals surface area contributed by atoms with Crippen molar-refractivity contribution in [1.82, 2.24) is 10.6 Å². The topological polar surface area (TPSA) is 113 Å². The van der Waals surface area contributed by atoms with Gasteiger partial charge in [-0.25, -0.2) is 13.2 Å². The van der Waals surface area contributed by atoms with Crippen molar-refractivity contribution in [2.45, 2.75) is 17.9 Å². The Balaban J connectivity index is 2.42. The van der Waals surface area contributed by atoms with Crippen LogP contribution in [0.5, 0.6) is 0 Å². The van der Waals surface area contributed by atoms with Gasteiger partial charge in [-0.1, -0.05) is 12.1 Å². The molecule has 0 aromatic heterocycles. The van der Waals surface area contributed by atoms with Gasteiger partial charge in [0.2, 0.25) is 0 Å². The molecule has 0 aliphatic carbocycles. The fourth-order valence-corrected chi connectivity index (χ4v) is 2.01. The highest BCUT2D eigenvalue weighted by atomic mass is 32.2. The van der Waals surface area contributed by atoms with Crippen LogP contribution >= 0.6 is 0 Å². The fourth-order valence-electron chi connectivity index (χ4n) is 1.38. The lowest BCUT2D eigenvalue weighted by atomic mass is 10.2. The molecule has 3 N–H and O–H groups in total. The second-order valence-electron chi connectivity index (χ2n) is 4.17. The summed E-state index contributed by atoms with van der Waals surface area (Å²) in [5, 5.41) is 13.3. The van der Waals surface area contributed by atoms with Crippen LogP contribution in [-0.2, 0) is 21.2 Å². The number of aliphatic carboxylic acids is 1. The first-order valence-electron chi connectivity index (χ1n) is 5.81. The smallest absolute Gasteiger partial charge is 0.315 e. The molecule has 7 nitrogen and oxygen atoms in total. The predicted molar refractivity (Wildman–Crippen MR) is 72.0 cm³/mol. The molecule has 0 spiro atoms. The molecule has 110 valence electrons. The molecule has 2 amide bonds. The lowest BCUT2D eigenvalue weighted by Crippen LogP contribution is -2.36. The Morgan fingerprint density at radius 1 is 1.15 bits per heavy atom. The number of amides is 2. The summed E-state index contributed by atoms with van der Waals surface area (Å²) in [5.74, 6) is -0.985. The standard InChI is InChI=1S/C12H16N2O5S/c1-20(18,19)10-4-2-9(3-5-10)8-14-12(17)13-7-6-11(15)16/h2-5H,6-8H2,1H3,(H,15,16)(H2,13,14,17). The minimum atomic E-state index is -3.23. The van der Waals surface area contributed by atoms with Crippen molar-refractivity contribution in [2.24, 2.45) is 0 Å². The Labute approximate surface area is 116 Å². The van der Waals surface area contributed by atoms with Crippen molar-refractivity contribution in [3.8, 4) is 0 Å². The second-order valence-corrected chi connectivity index (χ2v) is 6.19. The van der Waals surface area contributed by atoms with Gasteiger partial charge in [0.15, 0.2) is 9.84 Å². The van der Waals surface area contributed by atoms with Gasteiger partial charge in [0, 0.05) is 19.3 Å². The van der Waals surface area contributed by atoms with E-state index < -0.39 is 21.8 Å². The van der Waals surface area contributed by atoms with Gasteiger partial charge in [-0.05, 0) is 17.7 Å². The summed E-state index contributed by atoms with van der Waals surface area (Å²) >= 11 is 0. The average Bonchev–Trinajstić information content (AvgIpc) is 2.35. The van der Waals surface area contributed by atoms with Gasteiger partial charge in [-0.2, -0.15) is 0 Å². The van der Waals surface area contributed by atoms with E-state index in [1.165, 1.54) is 12.1 Å². The third-order valence-electron chi connectivity index (χ3n) is 2.43.